The molecule has 0 saturated heterocycles. The zero-order valence-corrected chi connectivity index (χ0v) is 9.71. The highest BCUT2D eigenvalue weighted by Gasteiger charge is 2.30. The minimum atomic E-state index is 0.0820. The molecule has 0 heterocycles. The van der Waals surface area contributed by atoms with E-state index in [4.69, 9.17) is 4.74 Å². The maximum absolute atomic E-state index is 11.3. The average Bonchev–Trinajstić information content (AvgIpc) is 3.04. The van der Waals surface area contributed by atoms with Crippen molar-refractivity contribution in [1.82, 2.24) is 10.6 Å². The van der Waals surface area contributed by atoms with Gasteiger partial charge in [-0.25, -0.2) is 0 Å². The Morgan fingerprint density at radius 2 is 2.27 bits per heavy atom. The van der Waals surface area contributed by atoms with Crippen LogP contribution in [0.4, 0.5) is 0 Å². The van der Waals surface area contributed by atoms with Crippen molar-refractivity contribution in [2.24, 2.45) is 5.92 Å². The molecule has 15 heavy (non-hydrogen) atoms. The molecule has 0 aromatic carbocycles. The van der Waals surface area contributed by atoms with E-state index in [1.54, 1.807) is 7.11 Å². The van der Waals surface area contributed by atoms with E-state index in [2.05, 4.69) is 10.6 Å². The molecule has 2 N–H and O–H groups in total. The first-order valence-corrected chi connectivity index (χ1v) is 5.77. The molecule has 1 aliphatic carbocycles. The first-order valence-electron chi connectivity index (χ1n) is 5.77. The van der Waals surface area contributed by atoms with Crippen molar-refractivity contribution in [3.05, 3.63) is 0 Å². The van der Waals surface area contributed by atoms with E-state index >= 15 is 0 Å². The van der Waals surface area contributed by atoms with Crippen LogP contribution >= 0.6 is 0 Å². The fraction of sp³-hybridized carbons (Fsp3) is 0.909. The van der Waals surface area contributed by atoms with Gasteiger partial charge in [0.05, 0.1) is 13.2 Å². The highest BCUT2D eigenvalue weighted by molar-refractivity contribution is 5.77. The summed E-state index contributed by atoms with van der Waals surface area (Å²) in [4.78, 5) is 11.3. The van der Waals surface area contributed by atoms with Crippen molar-refractivity contribution in [1.29, 1.82) is 0 Å². The first kappa shape index (κ1) is 12.5. The lowest BCUT2D eigenvalue weighted by Gasteiger charge is -2.16. The molecule has 1 rings (SSSR count). The maximum atomic E-state index is 11.3. The topological polar surface area (TPSA) is 50.4 Å². The number of ether oxygens (including phenoxy) is 1. The molecule has 1 fully saturated rings. The van der Waals surface area contributed by atoms with Crippen LogP contribution in [0, 0.1) is 5.92 Å². The number of hydrogen-bond donors (Lipinski definition) is 2. The van der Waals surface area contributed by atoms with Crippen LogP contribution < -0.4 is 10.6 Å². The van der Waals surface area contributed by atoms with E-state index < -0.39 is 0 Å². The molecule has 0 bridgehead atoms. The average molecular weight is 214 g/mol. The fourth-order valence-electron chi connectivity index (χ4n) is 1.59. The standard InChI is InChI=1S/C11H22N2O2/c1-3-6-12-11(14)7-13-10(8-15-2)9-4-5-9/h9-10,13H,3-8H2,1-2H3,(H,12,14). The summed E-state index contributed by atoms with van der Waals surface area (Å²) < 4.78 is 5.12. The zero-order chi connectivity index (χ0) is 11.1. The largest absolute Gasteiger partial charge is 0.383 e. The minimum Gasteiger partial charge on any atom is -0.383 e. The summed E-state index contributed by atoms with van der Waals surface area (Å²) >= 11 is 0. The van der Waals surface area contributed by atoms with Crippen molar-refractivity contribution in [2.75, 3.05) is 26.8 Å². The number of rotatable bonds is 8. The summed E-state index contributed by atoms with van der Waals surface area (Å²) in [7, 11) is 1.70. The van der Waals surface area contributed by atoms with Crippen molar-refractivity contribution >= 4 is 5.91 Å². The third-order valence-corrected chi connectivity index (χ3v) is 2.63. The van der Waals surface area contributed by atoms with Crippen LogP contribution in [0.1, 0.15) is 26.2 Å². The van der Waals surface area contributed by atoms with Gasteiger partial charge in [-0.3, -0.25) is 4.79 Å². The van der Waals surface area contributed by atoms with Crippen molar-refractivity contribution in [3.63, 3.8) is 0 Å². The van der Waals surface area contributed by atoms with Crippen LogP contribution in [0.3, 0.4) is 0 Å². The summed E-state index contributed by atoms with van der Waals surface area (Å²) in [6, 6.07) is 0.349. The molecule has 88 valence electrons. The molecule has 0 radical (unpaired) electrons. The van der Waals surface area contributed by atoms with E-state index in [0.717, 1.165) is 13.0 Å². The van der Waals surface area contributed by atoms with E-state index in [9.17, 15) is 4.79 Å². The van der Waals surface area contributed by atoms with Gasteiger partial charge in [0, 0.05) is 19.7 Å². The molecule has 1 aliphatic rings. The minimum absolute atomic E-state index is 0.0820. The lowest BCUT2D eigenvalue weighted by molar-refractivity contribution is -0.120. The van der Waals surface area contributed by atoms with Gasteiger partial charge in [0.1, 0.15) is 0 Å². The quantitative estimate of drug-likeness (QED) is 0.619. The molecule has 1 unspecified atom stereocenters. The number of methoxy groups -OCH3 is 1. The van der Waals surface area contributed by atoms with E-state index in [1.807, 2.05) is 6.92 Å². The highest BCUT2D eigenvalue weighted by atomic mass is 16.5. The number of amides is 1. The van der Waals surface area contributed by atoms with Gasteiger partial charge in [0.15, 0.2) is 0 Å². The van der Waals surface area contributed by atoms with Crippen molar-refractivity contribution in [2.45, 2.75) is 32.2 Å². The Hall–Kier alpha value is -0.610. The van der Waals surface area contributed by atoms with Gasteiger partial charge in [-0.1, -0.05) is 6.92 Å². The number of carbonyl (C=O) groups is 1. The van der Waals surface area contributed by atoms with Crippen LogP contribution in [-0.2, 0) is 9.53 Å². The second-order valence-corrected chi connectivity index (χ2v) is 4.13. The summed E-state index contributed by atoms with van der Waals surface area (Å²) in [6.07, 6.45) is 3.51. The second-order valence-electron chi connectivity index (χ2n) is 4.13. The summed E-state index contributed by atoms with van der Waals surface area (Å²) in [6.45, 7) is 3.92. The van der Waals surface area contributed by atoms with E-state index in [-0.39, 0.29) is 5.91 Å². The van der Waals surface area contributed by atoms with E-state index in [0.29, 0.717) is 25.1 Å². The SMILES string of the molecule is CCCNC(=O)CNC(COC)C1CC1. The Labute approximate surface area is 91.8 Å². The molecular formula is C11H22N2O2. The Bertz CT molecular complexity index is 193. The Morgan fingerprint density at radius 1 is 1.53 bits per heavy atom. The first-order chi connectivity index (χ1) is 7.27. The van der Waals surface area contributed by atoms with Crippen LogP contribution in [0.15, 0.2) is 0 Å². The monoisotopic (exact) mass is 214 g/mol. The van der Waals surface area contributed by atoms with Gasteiger partial charge in [0.2, 0.25) is 5.91 Å². The van der Waals surface area contributed by atoms with Crippen molar-refractivity contribution in [3.8, 4) is 0 Å². The van der Waals surface area contributed by atoms with Gasteiger partial charge >= 0.3 is 0 Å². The Morgan fingerprint density at radius 3 is 2.80 bits per heavy atom. The number of carbonyl (C=O) groups excluding carboxylic acids is 1. The molecule has 0 aromatic rings. The van der Waals surface area contributed by atoms with Crippen LogP contribution in [0.2, 0.25) is 0 Å². The molecule has 4 heteroatoms. The van der Waals surface area contributed by atoms with Crippen LogP contribution in [0.5, 0.6) is 0 Å². The molecule has 1 atom stereocenters. The normalized spacial score (nSPS) is 17.5. The lowest BCUT2D eigenvalue weighted by atomic mass is 10.2. The highest BCUT2D eigenvalue weighted by Crippen LogP contribution is 2.32. The Kier molecular flexibility index (Phi) is 5.65. The zero-order valence-electron chi connectivity index (χ0n) is 9.71. The number of hydrogen-bond acceptors (Lipinski definition) is 3. The molecule has 1 amide bonds. The third kappa shape index (κ3) is 5.14. The van der Waals surface area contributed by atoms with Crippen LogP contribution in [-0.4, -0.2) is 38.8 Å². The third-order valence-electron chi connectivity index (χ3n) is 2.63. The van der Waals surface area contributed by atoms with Gasteiger partial charge in [-0.05, 0) is 25.2 Å². The summed E-state index contributed by atoms with van der Waals surface area (Å²) in [5.41, 5.74) is 0. The Balaban J connectivity index is 2.12. The van der Waals surface area contributed by atoms with Gasteiger partial charge in [-0.15, -0.1) is 0 Å². The van der Waals surface area contributed by atoms with Gasteiger partial charge in [-0.2, -0.15) is 0 Å². The number of nitrogens with one attached hydrogen (secondary N) is 2. The van der Waals surface area contributed by atoms with Gasteiger partial charge in [0.25, 0.3) is 0 Å². The molecule has 0 aliphatic heterocycles. The second kappa shape index (κ2) is 6.80. The fourth-order valence-corrected chi connectivity index (χ4v) is 1.59. The predicted molar refractivity (Wildman–Crippen MR) is 59.7 cm³/mol. The molecule has 4 nitrogen and oxygen atoms in total. The van der Waals surface area contributed by atoms with Crippen LogP contribution in [0.25, 0.3) is 0 Å². The molecule has 0 spiro atoms. The molecular weight excluding hydrogens is 192 g/mol. The lowest BCUT2D eigenvalue weighted by Crippen LogP contribution is -2.42. The van der Waals surface area contributed by atoms with E-state index in [1.165, 1.54) is 12.8 Å². The van der Waals surface area contributed by atoms with Gasteiger partial charge < -0.3 is 15.4 Å². The maximum Gasteiger partial charge on any atom is 0.233 e. The summed E-state index contributed by atoms with van der Waals surface area (Å²) in [5.74, 6) is 0.794. The van der Waals surface area contributed by atoms with Crippen molar-refractivity contribution < 1.29 is 9.53 Å². The molecule has 1 saturated carbocycles. The predicted octanol–water partition coefficient (Wildman–Crippen LogP) is 0.527. The summed E-state index contributed by atoms with van der Waals surface area (Å²) in [5, 5.41) is 6.10. The molecule has 0 aromatic heterocycles. The smallest absolute Gasteiger partial charge is 0.233 e.